The number of ether oxygens (including phenoxy) is 6. The van der Waals surface area contributed by atoms with E-state index in [0.29, 0.717) is 19.6 Å². The third-order valence-electron chi connectivity index (χ3n) is 10.1. The fourth-order valence-electron chi connectivity index (χ4n) is 6.27. The van der Waals surface area contributed by atoms with Crippen molar-refractivity contribution in [2.24, 2.45) is 0 Å². The fourth-order valence-corrected chi connectivity index (χ4v) is 6.27. The van der Waals surface area contributed by atoms with E-state index >= 15 is 0 Å². The Bertz CT molecular complexity index is 1580. The smallest absolute Gasteiger partial charge is 0.154 e. The standard InChI is InChI=1S/C39H44O7/c1-36(2,27-5-11-31(12-6-27)41-21-34-23-43-34)28-9-15-33(16-10-28)45-25-38(40)26-46-39(38)19-17-30(18-20-39)37(3,4)29-7-13-32(14-8-29)42-22-35-24-44-35/h5-19,34-35,40H,20-26H2,1-4H3. The molecule has 1 N–H and O–H groups in total. The summed E-state index contributed by atoms with van der Waals surface area (Å²) < 4.78 is 34.3. The van der Waals surface area contributed by atoms with E-state index in [-0.39, 0.29) is 36.3 Å². The third kappa shape index (κ3) is 6.21. The fraction of sp³-hybridized carbons (Fsp3) is 0.436. The van der Waals surface area contributed by atoms with Crippen LogP contribution < -0.4 is 14.2 Å². The average Bonchev–Trinajstić information content (AvgIpc) is 4.02. The van der Waals surface area contributed by atoms with Gasteiger partial charge in [-0.3, -0.25) is 0 Å². The first-order chi connectivity index (χ1) is 22.1. The molecule has 3 saturated heterocycles. The molecule has 1 aliphatic carbocycles. The second-order valence-corrected chi connectivity index (χ2v) is 14.1. The van der Waals surface area contributed by atoms with Crippen LogP contribution >= 0.6 is 0 Å². The molecule has 7 heteroatoms. The quantitative estimate of drug-likeness (QED) is 0.223. The highest BCUT2D eigenvalue weighted by molar-refractivity contribution is 5.46. The molecule has 46 heavy (non-hydrogen) atoms. The number of hydrogen-bond acceptors (Lipinski definition) is 7. The summed E-state index contributed by atoms with van der Waals surface area (Å²) in [5, 5.41) is 11.6. The molecule has 0 saturated carbocycles. The molecule has 4 unspecified atom stereocenters. The van der Waals surface area contributed by atoms with E-state index in [1.165, 1.54) is 22.3 Å². The SMILES string of the molecule is CC(C)(C1=CCC2(C=C1)OCC2(O)COc1ccc(C(C)(C)c2ccc(OCC3CO3)cc2)cc1)c1ccc(OCC2CO2)cc1. The van der Waals surface area contributed by atoms with E-state index in [4.69, 9.17) is 28.4 Å². The summed E-state index contributed by atoms with van der Waals surface area (Å²) in [6, 6.07) is 24.7. The molecule has 4 aliphatic rings. The van der Waals surface area contributed by atoms with Crippen LogP contribution in [0.5, 0.6) is 17.2 Å². The molecule has 0 radical (unpaired) electrons. The van der Waals surface area contributed by atoms with E-state index in [9.17, 15) is 5.11 Å². The van der Waals surface area contributed by atoms with Crippen molar-refractivity contribution in [1.29, 1.82) is 0 Å². The molecule has 3 fully saturated rings. The van der Waals surface area contributed by atoms with Crippen molar-refractivity contribution in [3.63, 3.8) is 0 Å². The van der Waals surface area contributed by atoms with Crippen LogP contribution in [0.3, 0.4) is 0 Å². The molecule has 4 atom stereocenters. The van der Waals surface area contributed by atoms with Gasteiger partial charge in [-0.2, -0.15) is 0 Å². The Kier molecular flexibility index (Phi) is 8.00. The second kappa shape index (κ2) is 11.9. The highest BCUT2D eigenvalue weighted by atomic mass is 16.6. The van der Waals surface area contributed by atoms with Crippen LogP contribution in [0, 0.1) is 0 Å². The van der Waals surface area contributed by atoms with Crippen LogP contribution in [0.25, 0.3) is 0 Å². The minimum Gasteiger partial charge on any atom is -0.491 e. The summed E-state index contributed by atoms with van der Waals surface area (Å²) in [4.78, 5) is 0. The summed E-state index contributed by atoms with van der Waals surface area (Å²) in [5.41, 5.74) is 2.42. The molecule has 0 amide bonds. The van der Waals surface area contributed by atoms with Gasteiger partial charge < -0.3 is 33.5 Å². The Morgan fingerprint density at radius 1 is 0.696 bits per heavy atom. The molecular weight excluding hydrogens is 580 g/mol. The van der Waals surface area contributed by atoms with Gasteiger partial charge in [0.15, 0.2) is 5.60 Å². The van der Waals surface area contributed by atoms with Gasteiger partial charge in [0.1, 0.15) is 54.9 Å². The summed E-state index contributed by atoms with van der Waals surface area (Å²) in [7, 11) is 0. The lowest BCUT2D eigenvalue weighted by Gasteiger charge is -2.54. The van der Waals surface area contributed by atoms with Gasteiger partial charge in [-0.1, -0.05) is 76.2 Å². The Morgan fingerprint density at radius 3 is 1.54 bits per heavy atom. The van der Waals surface area contributed by atoms with Crippen LogP contribution in [0.15, 0.2) is 96.6 Å². The zero-order chi connectivity index (χ0) is 32.0. The second-order valence-electron chi connectivity index (χ2n) is 14.1. The van der Waals surface area contributed by atoms with Gasteiger partial charge >= 0.3 is 0 Å². The van der Waals surface area contributed by atoms with E-state index < -0.39 is 11.2 Å². The van der Waals surface area contributed by atoms with Gasteiger partial charge in [0.25, 0.3) is 0 Å². The molecule has 0 bridgehead atoms. The Hall–Kier alpha value is -3.62. The molecule has 0 aromatic heterocycles. The van der Waals surface area contributed by atoms with E-state index in [1.54, 1.807) is 0 Å². The molecule has 7 nitrogen and oxygen atoms in total. The van der Waals surface area contributed by atoms with Crippen molar-refractivity contribution < 1.29 is 33.5 Å². The Labute approximate surface area is 271 Å². The van der Waals surface area contributed by atoms with Crippen LogP contribution in [0.2, 0.25) is 0 Å². The minimum atomic E-state index is -1.12. The lowest BCUT2D eigenvalue weighted by molar-refractivity contribution is -0.289. The first-order valence-corrected chi connectivity index (χ1v) is 16.3. The maximum atomic E-state index is 11.6. The molecular formula is C39H44O7. The summed E-state index contributed by atoms with van der Waals surface area (Å²) in [5.74, 6) is 2.42. The number of benzene rings is 3. The van der Waals surface area contributed by atoms with E-state index in [0.717, 1.165) is 30.5 Å². The number of allylic oxidation sites excluding steroid dienone is 2. The van der Waals surface area contributed by atoms with Crippen molar-refractivity contribution >= 4 is 0 Å². The zero-order valence-corrected chi connectivity index (χ0v) is 27.2. The average molecular weight is 625 g/mol. The Morgan fingerprint density at radius 2 is 1.15 bits per heavy atom. The van der Waals surface area contributed by atoms with Crippen LogP contribution in [0.1, 0.15) is 50.8 Å². The third-order valence-corrected chi connectivity index (χ3v) is 10.1. The van der Waals surface area contributed by atoms with Crippen LogP contribution in [-0.4, -0.2) is 68.2 Å². The van der Waals surface area contributed by atoms with Gasteiger partial charge in [-0.05, 0) is 64.7 Å². The minimum absolute atomic E-state index is 0.146. The van der Waals surface area contributed by atoms with Gasteiger partial charge in [-0.15, -0.1) is 0 Å². The van der Waals surface area contributed by atoms with Crippen LogP contribution in [0.4, 0.5) is 0 Å². The number of rotatable bonds is 13. The first kappa shape index (κ1) is 31.0. The van der Waals surface area contributed by atoms with Gasteiger partial charge in [0.2, 0.25) is 0 Å². The molecule has 3 aromatic carbocycles. The zero-order valence-electron chi connectivity index (χ0n) is 27.2. The van der Waals surface area contributed by atoms with Gasteiger partial charge in [0.05, 0.1) is 19.8 Å². The molecule has 242 valence electrons. The van der Waals surface area contributed by atoms with Crippen molar-refractivity contribution in [2.45, 2.75) is 68.4 Å². The normalized spacial score (nSPS) is 26.7. The highest BCUT2D eigenvalue weighted by Gasteiger charge is 2.59. The van der Waals surface area contributed by atoms with Gasteiger partial charge in [-0.25, -0.2) is 0 Å². The lowest BCUT2D eigenvalue weighted by atomic mass is 9.69. The predicted molar refractivity (Wildman–Crippen MR) is 176 cm³/mol. The number of epoxide rings is 2. The summed E-state index contributed by atoms with van der Waals surface area (Å²) >= 11 is 0. The van der Waals surface area contributed by atoms with Crippen molar-refractivity contribution in [3.05, 3.63) is 113 Å². The molecule has 3 heterocycles. The van der Waals surface area contributed by atoms with Gasteiger partial charge in [0, 0.05) is 17.3 Å². The molecule has 1 spiro atoms. The molecule has 3 aliphatic heterocycles. The van der Waals surface area contributed by atoms with Crippen LogP contribution in [-0.2, 0) is 25.0 Å². The Balaban J connectivity index is 0.947. The maximum Gasteiger partial charge on any atom is 0.154 e. The van der Waals surface area contributed by atoms with Crippen molar-refractivity contribution in [1.82, 2.24) is 0 Å². The first-order valence-electron chi connectivity index (χ1n) is 16.3. The van der Waals surface area contributed by atoms with E-state index in [2.05, 4.69) is 76.2 Å². The molecule has 7 rings (SSSR count). The summed E-state index contributed by atoms with van der Waals surface area (Å²) in [6.07, 6.45) is 7.36. The van der Waals surface area contributed by atoms with Crippen molar-refractivity contribution in [3.8, 4) is 17.2 Å². The van der Waals surface area contributed by atoms with Crippen molar-refractivity contribution in [2.75, 3.05) is 39.6 Å². The number of hydrogen-bond donors (Lipinski definition) is 1. The lowest BCUT2D eigenvalue weighted by Crippen LogP contribution is -2.70. The van der Waals surface area contributed by atoms with E-state index in [1.807, 2.05) is 42.5 Å². The largest absolute Gasteiger partial charge is 0.491 e. The molecule has 3 aromatic rings. The number of aliphatic hydroxyl groups is 1. The maximum absolute atomic E-state index is 11.6. The summed E-state index contributed by atoms with van der Waals surface area (Å²) in [6.45, 7) is 12.0. The predicted octanol–water partition coefficient (Wildman–Crippen LogP) is 6.31. The monoisotopic (exact) mass is 624 g/mol. The highest BCUT2D eigenvalue weighted by Crippen LogP contribution is 2.47. The topological polar surface area (TPSA) is 82.2 Å².